The normalized spacial score (nSPS) is 19.9. The first-order valence-electron chi connectivity index (χ1n) is 6.43. The third-order valence-electron chi connectivity index (χ3n) is 4.29. The number of benzene rings is 1. The molecular formula is C15H23NO. The molecule has 2 nitrogen and oxygen atoms in total. The van der Waals surface area contributed by atoms with Gasteiger partial charge >= 0.3 is 0 Å². The summed E-state index contributed by atoms with van der Waals surface area (Å²) in [6.07, 6.45) is 3.47. The molecule has 0 saturated heterocycles. The molecule has 0 radical (unpaired) electrons. The Morgan fingerprint density at radius 2 is 2.18 bits per heavy atom. The first kappa shape index (κ1) is 12.4. The zero-order chi connectivity index (χ0) is 12.5. The van der Waals surface area contributed by atoms with Crippen LogP contribution in [0.2, 0.25) is 0 Å². The van der Waals surface area contributed by atoms with Gasteiger partial charge in [0.05, 0.1) is 7.11 Å². The molecule has 2 heteroatoms. The summed E-state index contributed by atoms with van der Waals surface area (Å²) in [5, 5.41) is 0. The van der Waals surface area contributed by atoms with Crippen LogP contribution >= 0.6 is 0 Å². The van der Waals surface area contributed by atoms with Crippen LogP contribution < -0.4 is 10.5 Å². The van der Waals surface area contributed by atoms with E-state index in [1.54, 1.807) is 7.11 Å². The largest absolute Gasteiger partial charge is 0.496 e. The highest BCUT2D eigenvalue weighted by atomic mass is 16.5. The highest BCUT2D eigenvalue weighted by molar-refractivity contribution is 5.42. The fraction of sp³-hybridized carbons (Fsp3) is 0.600. The number of rotatable bonds is 3. The molecular weight excluding hydrogens is 210 g/mol. The van der Waals surface area contributed by atoms with Gasteiger partial charge in [-0.05, 0) is 54.3 Å². The molecule has 1 aromatic carbocycles. The molecule has 1 aromatic rings. The van der Waals surface area contributed by atoms with Crippen LogP contribution in [0.15, 0.2) is 18.2 Å². The Morgan fingerprint density at radius 3 is 2.82 bits per heavy atom. The maximum atomic E-state index is 5.89. The summed E-state index contributed by atoms with van der Waals surface area (Å²) in [5.74, 6) is 1.73. The molecule has 0 amide bonds. The zero-order valence-electron chi connectivity index (χ0n) is 11.1. The van der Waals surface area contributed by atoms with Gasteiger partial charge in [-0.1, -0.05) is 26.0 Å². The van der Waals surface area contributed by atoms with E-state index in [4.69, 9.17) is 10.5 Å². The van der Waals surface area contributed by atoms with E-state index in [0.717, 1.165) is 25.1 Å². The van der Waals surface area contributed by atoms with Crippen molar-refractivity contribution < 1.29 is 4.74 Å². The fourth-order valence-corrected chi connectivity index (χ4v) is 2.80. The van der Waals surface area contributed by atoms with Crippen LogP contribution in [0.1, 0.15) is 31.4 Å². The quantitative estimate of drug-likeness (QED) is 0.871. The van der Waals surface area contributed by atoms with Crippen molar-refractivity contribution in [1.29, 1.82) is 0 Å². The molecule has 0 bridgehead atoms. The van der Waals surface area contributed by atoms with Crippen molar-refractivity contribution >= 4 is 0 Å². The van der Waals surface area contributed by atoms with Crippen molar-refractivity contribution in [2.24, 2.45) is 17.1 Å². The van der Waals surface area contributed by atoms with Crippen molar-refractivity contribution in [3.8, 4) is 5.75 Å². The minimum absolute atomic E-state index is 0.237. The van der Waals surface area contributed by atoms with Gasteiger partial charge in [-0.2, -0.15) is 0 Å². The summed E-state index contributed by atoms with van der Waals surface area (Å²) in [6.45, 7) is 5.32. The van der Waals surface area contributed by atoms with Crippen LogP contribution in [-0.4, -0.2) is 13.7 Å². The molecule has 94 valence electrons. The van der Waals surface area contributed by atoms with Gasteiger partial charge < -0.3 is 10.5 Å². The van der Waals surface area contributed by atoms with Crippen LogP contribution in [0.5, 0.6) is 5.75 Å². The van der Waals surface area contributed by atoms with Gasteiger partial charge in [0.25, 0.3) is 0 Å². The number of hydrogen-bond donors (Lipinski definition) is 1. The molecule has 0 aliphatic heterocycles. The number of methoxy groups -OCH3 is 1. The number of fused-ring (bicyclic) bond motifs is 1. The summed E-state index contributed by atoms with van der Waals surface area (Å²) in [5.41, 5.74) is 8.97. The summed E-state index contributed by atoms with van der Waals surface area (Å²) in [7, 11) is 1.76. The monoisotopic (exact) mass is 233 g/mol. The van der Waals surface area contributed by atoms with E-state index in [2.05, 4.69) is 32.0 Å². The van der Waals surface area contributed by atoms with Gasteiger partial charge in [0.2, 0.25) is 0 Å². The Kier molecular flexibility index (Phi) is 3.43. The molecule has 0 heterocycles. The Bertz CT molecular complexity index is 398. The van der Waals surface area contributed by atoms with Gasteiger partial charge in [-0.25, -0.2) is 0 Å². The van der Waals surface area contributed by atoms with E-state index in [0.29, 0.717) is 5.92 Å². The zero-order valence-corrected chi connectivity index (χ0v) is 11.1. The average molecular weight is 233 g/mol. The summed E-state index contributed by atoms with van der Waals surface area (Å²) in [6, 6.07) is 6.39. The second-order valence-corrected chi connectivity index (χ2v) is 5.73. The van der Waals surface area contributed by atoms with E-state index in [1.807, 2.05) is 0 Å². The molecule has 17 heavy (non-hydrogen) atoms. The second kappa shape index (κ2) is 4.69. The fourth-order valence-electron chi connectivity index (χ4n) is 2.80. The molecule has 0 aromatic heterocycles. The van der Waals surface area contributed by atoms with Crippen molar-refractivity contribution in [1.82, 2.24) is 0 Å². The molecule has 0 fully saturated rings. The summed E-state index contributed by atoms with van der Waals surface area (Å²) < 4.78 is 5.44. The molecule has 2 rings (SSSR count). The van der Waals surface area contributed by atoms with Crippen LogP contribution in [0, 0.1) is 11.3 Å². The lowest BCUT2D eigenvalue weighted by Crippen LogP contribution is -2.35. The molecule has 2 N–H and O–H groups in total. The molecule has 1 unspecified atom stereocenters. The van der Waals surface area contributed by atoms with Gasteiger partial charge in [0.15, 0.2) is 0 Å². The first-order chi connectivity index (χ1) is 8.08. The predicted molar refractivity (Wildman–Crippen MR) is 71.3 cm³/mol. The maximum absolute atomic E-state index is 5.89. The number of ether oxygens (including phenoxy) is 1. The molecule has 1 aliphatic carbocycles. The molecule has 1 aliphatic rings. The Hall–Kier alpha value is -1.02. The van der Waals surface area contributed by atoms with E-state index >= 15 is 0 Å². The van der Waals surface area contributed by atoms with Crippen molar-refractivity contribution in [2.75, 3.05) is 13.7 Å². The smallest absolute Gasteiger partial charge is 0.122 e. The lowest BCUT2D eigenvalue weighted by molar-refractivity contribution is 0.198. The lowest BCUT2D eigenvalue weighted by Gasteiger charge is -2.37. The van der Waals surface area contributed by atoms with Gasteiger partial charge in [0, 0.05) is 0 Å². The van der Waals surface area contributed by atoms with Crippen molar-refractivity contribution in [3.05, 3.63) is 29.3 Å². The first-order valence-corrected chi connectivity index (χ1v) is 6.43. The Labute approximate surface area is 104 Å². The standard InChI is InChI=1S/C15H23NO/c1-15(2,10-16)12-7-8-13-11(9-12)5-4-6-14(13)17-3/h4-6,12H,7-10,16H2,1-3H3. The topological polar surface area (TPSA) is 35.2 Å². The SMILES string of the molecule is COc1cccc2c1CCC(C(C)(C)CN)C2. The highest BCUT2D eigenvalue weighted by Gasteiger charge is 2.32. The van der Waals surface area contributed by atoms with Crippen molar-refractivity contribution in [2.45, 2.75) is 33.1 Å². The molecule has 0 saturated carbocycles. The highest BCUT2D eigenvalue weighted by Crippen LogP contribution is 2.39. The van der Waals surface area contributed by atoms with Crippen LogP contribution in [0.3, 0.4) is 0 Å². The van der Waals surface area contributed by atoms with Gasteiger partial charge in [-0.15, -0.1) is 0 Å². The third kappa shape index (κ3) is 2.32. The van der Waals surface area contributed by atoms with Gasteiger partial charge in [-0.3, -0.25) is 0 Å². The Morgan fingerprint density at radius 1 is 1.41 bits per heavy atom. The average Bonchev–Trinajstić information content (AvgIpc) is 2.37. The summed E-state index contributed by atoms with van der Waals surface area (Å²) >= 11 is 0. The third-order valence-corrected chi connectivity index (χ3v) is 4.29. The minimum atomic E-state index is 0.237. The van der Waals surface area contributed by atoms with Crippen molar-refractivity contribution in [3.63, 3.8) is 0 Å². The van der Waals surface area contributed by atoms with E-state index in [9.17, 15) is 0 Å². The second-order valence-electron chi connectivity index (χ2n) is 5.73. The maximum Gasteiger partial charge on any atom is 0.122 e. The number of nitrogens with two attached hydrogens (primary N) is 1. The van der Waals surface area contributed by atoms with Crippen LogP contribution in [0.4, 0.5) is 0 Å². The van der Waals surface area contributed by atoms with E-state index in [-0.39, 0.29) is 5.41 Å². The summed E-state index contributed by atoms with van der Waals surface area (Å²) in [4.78, 5) is 0. The van der Waals surface area contributed by atoms with E-state index < -0.39 is 0 Å². The van der Waals surface area contributed by atoms with Gasteiger partial charge in [0.1, 0.15) is 5.75 Å². The minimum Gasteiger partial charge on any atom is -0.496 e. The number of hydrogen-bond acceptors (Lipinski definition) is 2. The molecule has 1 atom stereocenters. The van der Waals surface area contributed by atoms with Crippen LogP contribution in [-0.2, 0) is 12.8 Å². The lowest BCUT2D eigenvalue weighted by atomic mass is 9.69. The predicted octanol–water partition coefficient (Wildman–Crippen LogP) is 2.79. The van der Waals surface area contributed by atoms with Crippen LogP contribution in [0.25, 0.3) is 0 Å². The molecule has 0 spiro atoms. The Balaban J connectivity index is 2.25. The van der Waals surface area contributed by atoms with E-state index in [1.165, 1.54) is 17.5 Å².